The molecular formula is C17H22ClN3O4S. The Kier molecular flexibility index (Phi) is 7.74. The summed E-state index contributed by atoms with van der Waals surface area (Å²) < 4.78 is 4.75. The second kappa shape index (κ2) is 9.80. The Morgan fingerprint density at radius 2 is 2.00 bits per heavy atom. The number of carbonyl (C=O) groups excluding carboxylic acids is 3. The first kappa shape index (κ1) is 20.5. The lowest BCUT2D eigenvalue weighted by molar-refractivity contribution is -0.141. The smallest absolute Gasteiger partial charge is 0.320 e. The number of benzene rings is 1. The first-order chi connectivity index (χ1) is 12.4. The molecule has 1 heterocycles. The van der Waals surface area contributed by atoms with E-state index in [1.54, 1.807) is 41.1 Å². The molecule has 7 nitrogen and oxygen atoms in total. The molecule has 0 radical (unpaired) electrons. The molecule has 1 aromatic rings. The van der Waals surface area contributed by atoms with E-state index in [1.165, 1.54) is 18.9 Å². The standard InChI is InChI=1S/C17H22ClN3O4S/c1-20(10-15(22)19-13-5-3-12(18)4-6-13)11-16(23)21-7-8-26-14(9-21)17(24)25-2/h3-6,14H,7-11H2,1-2H3,(H,19,22)/t14-/m0/s1. The fourth-order valence-corrected chi connectivity index (χ4v) is 3.77. The molecule has 2 amide bonds. The summed E-state index contributed by atoms with van der Waals surface area (Å²) in [5.41, 5.74) is 0.646. The molecule has 26 heavy (non-hydrogen) atoms. The molecule has 2 rings (SSSR count). The molecule has 0 unspecified atom stereocenters. The highest BCUT2D eigenvalue weighted by Crippen LogP contribution is 2.20. The zero-order valence-electron chi connectivity index (χ0n) is 14.7. The van der Waals surface area contributed by atoms with E-state index in [9.17, 15) is 14.4 Å². The number of hydrogen-bond donors (Lipinski definition) is 1. The van der Waals surface area contributed by atoms with Crippen LogP contribution in [0.1, 0.15) is 0 Å². The van der Waals surface area contributed by atoms with Gasteiger partial charge in [0.25, 0.3) is 0 Å². The second-order valence-electron chi connectivity index (χ2n) is 5.95. The van der Waals surface area contributed by atoms with E-state index in [2.05, 4.69) is 5.32 Å². The van der Waals surface area contributed by atoms with E-state index in [-0.39, 0.29) is 36.1 Å². The summed E-state index contributed by atoms with van der Waals surface area (Å²) >= 11 is 7.30. The number of hydrogen-bond acceptors (Lipinski definition) is 6. The van der Waals surface area contributed by atoms with Crippen molar-refractivity contribution < 1.29 is 19.1 Å². The van der Waals surface area contributed by atoms with Crippen LogP contribution in [0.25, 0.3) is 0 Å². The zero-order chi connectivity index (χ0) is 19.1. The molecule has 0 saturated carbocycles. The summed E-state index contributed by atoms with van der Waals surface area (Å²) in [7, 11) is 3.05. The Morgan fingerprint density at radius 1 is 1.31 bits per heavy atom. The Balaban J connectivity index is 1.79. The third kappa shape index (κ3) is 6.19. The lowest BCUT2D eigenvalue weighted by Gasteiger charge is -2.32. The summed E-state index contributed by atoms with van der Waals surface area (Å²) in [6, 6.07) is 6.81. The van der Waals surface area contributed by atoms with Crippen LogP contribution in [0.2, 0.25) is 5.02 Å². The number of carbonyl (C=O) groups is 3. The van der Waals surface area contributed by atoms with Crippen LogP contribution in [0.3, 0.4) is 0 Å². The third-order valence-electron chi connectivity index (χ3n) is 3.83. The lowest BCUT2D eigenvalue weighted by atomic mass is 10.3. The topological polar surface area (TPSA) is 79.0 Å². The molecule has 1 N–H and O–H groups in total. The van der Waals surface area contributed by atoms with E-state index in [0.29, 0.717) is 29.6 Å². The molecule has 1 aliphatic heterocycles. The van der Waals surface area contributed by atoms with E-state index < -0.39 is 0 Å². The van der Waals surface area contributed by atoms with Crippen LogP contribution in [0.15, 0.2) is 24.3 Å². The fourth-order valence-electron chi connectivity index (χ4n) is 2.52. The van der Waals surface area contributed by atoms with Crippen LogP contribution in [-0.2, 0) is 19.1 Å². The normalized spacial score (nSPS) is 17.1. The monoisotopic (exact) mass is 399 g/mol. The predicted molar refractivity (Wildman–Crippen MR) is 102 cm³/mol. The first-order valence-corrected chi connectivity index (χ1v) is 9.53. The Hall–Kier alpha value is -1.77. The number of thioether (sulfide) groups is 1. The van der Waals surface area contributed by atoms with Gasteiger partial charge < -0.3 is 15.0 Å². The molecule has 1 aliphatic rings. The molecule has 142 valence electrons. The van der Waals surface area contributed by atoms with Crippen LogP contribution < -0.4 is 5.32 Å². The minimum absolute atomic E-state index is 0.0807. The maximum Gasteiger partial charge on any atom is 0.320 e. The molecule has 0 aliphatic carbocycles. The van der Waals surface area contributed by atoms with Crippen molar-refractivity contribution in [3.63, 3.8) is 0 Å². The van der Waals surface area contributed by atoms with Gasteiger partial charge in [-0.2, -0.15) is 0 Å². The maximum absolute atomic E-state index is 12.4. The number of halogens is 1. The lowest BCUT2D eigenvalue weighted by Crippen LogP contribution is -2.48. The van der Waals surface area contributed by atoms with Crippen LogP contribution in [0.5, 0.6) is 0 Å². The molecular weight excluding hydrogens is 378 g/mol. The number of nitrogens with one attached hydrogen (secondary N) is 1. The Labute approximate surface area is 162 Å². The van der Waals surface area contributed by atoms with E-state index in [0.717, 1.165) is 0 Å². The van der Waals surface area contributed by atoms with Gasteiger partial charge in [0.15, 0.2) is 0 Å². The maximum atomic E-state index is 12.4. The highest BCUT2D eigenvalue weighted by atomic mass is 35.5. The second-order valence-corrected chi connectivity index (χ2v) is 7.70. The van der Waals surface area contributed by atoms with Crippen LogP contribution in [-0.4, -0.2) is 78.9 Å². The number of amides is 2. The van der Waals surface area contributed by atoms with Crippen LogP contribution >= 0.6 is 23.4 Å². The number of ether oxygens (including phenoxy) is 1. The van der Waals surface area contributed by atoms with Crippen molar-refractivity contribution in [1.82, 2.24) is 9.80 Å². The fraction of sp³-hybridized carbons (Fsp3) is 0.471. The molecule has 9 heteroatoms. The van der Waals surface area contributed by atoms with E-state index in [4.69, 9.17) is 16.3 Å². The molecule has 1 fully saturated rings. The van der Waals surface area contributed by atoms with Crippen molar-refractivity contribution in [2.75, 3.05) is 51.4 Å². The molecule has 0 aromatic heterocycles. The molecule has 0 bridgehead atoms. The van der Waals surface area contributed by atoms with Gasteiger partial charge in [0, 0.05) is 29.6 Å². The average molecular weight is 400 g/mol. The Morgan fingerprint density at radius 3 is 2.65 bits per heavy atom. The molecule has 0 spiro atoms. The van der Waals surface area contributed by atoms with Crippen molar-refractivity contribution >= 4 is 46.8 Å². The van der Waals surface area contributed by atoms with Crippen molar-refractivity contribution in [1.29, 1.82) is 0 Å². The van der Waals surface area contributed by atoms with Gasteiger partial charge in [-0.1, -0.05) is 11.6 Å². The number of esters is 1. The summed E-state index contributed by atoms with van der Waals surface area (Å²) in [5.74, 6) is 0.0418. The summed E-state index contributed by atoms with van der Waals surface area (Å²) in [6.45, 7) is 1.10. The van der Waals surface area contributed by atoms with E-state index in [1.807, 2.05) is 0 Å². The summed E-state index contributed by atoms with van der Waals surface area (Å²) in [5, 5.41) is 3.00. The molecule has 1 aromatic carbocycles. The third-order valence-corrected chi connectivity index (χ3v) is 5.24. The minimum atomic E-state index is -0.351. The van der Waals surface area contributed by atoms with Gasteiger partial charge in [0.2, 0.25) is 11.8 Å². The van der Waals surface area contributed by atoms with Gasteiger partial charge >= 0.3 is 5.97 Å². The van der Waals surface area contributed by atoms with Crippen molar-refractivity contribution in [2.45, 2.75) is 5.25 Å². The number of rotatable bonds is 6. The van der Waals surface area contributed by atoms with Crippen molar-refractivity contribution in [3.05, 3.63) is 29.3 Å². The summed E-state index contributed by atoms with van der Waals surface area (Å²) in [4.78, 5) is 39.4. The number of anilines is 1. The highest BCUT2D eigenvalue weighted by molar-refractivity contribution is 8.00. The van der Waals surface area contributed by atoms with Gasteiger partial charge in [-0.15, -0.1) is 11.8 Å². The number of likely N-dealkylation sites (N-methyl/N-ethyl adjacent to an activating group) is 1. The van der Waals surface area contributed by atoms with Gasteiger partial charge in [0.1, 0.15) is 5.25 Å². The predicted octanol–water partition coefficient (Wildman–Crippen LogP) is 1.33. The zero-order valence-corrected chi connectivity index (χ0v) is 16.3. The minimum Gasteiger partial charge on any atom is -0.468 e. The molecule has 1 atom stereocenters. The van der Waals surface area contributed by atoms with E-state index >= 15 is 0 Å². The largest absolute Gasteiger partial charge is 0.468 e. The number of methoxy groups -OCH3 is 1. The van der Waals surface area contributed by atoms with Gasteiger partial charge in [-0.25, -0.2) is 0 Å². The quantitative estimate of drug-likeness (QED) is 0.727. The van der Waals surface area contributed by atoms with Crippen molar-refractivity contribution in [2.24, 2.45) is 0 Å². The summed E-state index contributed by atoms with van der Waals surface area (Å²) in [6.07, 6.45) is 0. The van der Waals surface area contributed by atoms with Crippen LogP contribution in [0, 0.1) is 0 Å². The number of nitrogens with zero attached hydrogens (tertiary/aromatic N) is 2. The van der Waals surface area contributed by atoms with Crippen LogP contribution in [0.4, 0.5) is 5.69 Å². The Bertz CT molecular complexity index is 656. The van der Waals surface area contributed by atoms with Gasteiger partial charge in [-0.3, -0.25) is 19.3 Å². The highest BCUT2D eigenvalue weighted by Gasteiger charge is 2.30. The SMILES string of the molecule is COC(=O)[C@@H]1CN(C(=O)CN(C)CC(=O)Nc2ccc(Cl)cc2)CCS1. The van der Waals surface area contributed by atoms with Gasteiger partial charge in [0.05, 0.1) is 20.2 Å². The van der Waals surface area contributed by atoms with Crippen molar-refractivity contribution in [3.8, 4) is 0 Å². The van der Waals surface area contributed by atoms with Gasteiger partial charge in [-0.05, 0) is 31.3 Å². The average Bonchev–Trinajstić information content (AvgIpc) is 2.62. The molecule has 1 saturated heterocycles. The first-order valence-electron chi connectivity index (χ1n) is 8.10.